The van der Waals surface area contributed by atoms with Crippen molar-refractivity contribution < 1.29 is 4.79 Å². The molecule has 2 bridgehead atoms. The lowest BCUT2D eigenvalue weighted by Crippen LogP contribution is -2.11. The molecule has 0 aliphatic heterocycles. The van der Waals surface area contributed by atoms with Gasteiger partial charge in [0.1, 0.15) is 0 Å². The average molecular weight is 186 g/mol. The molecule has 0 saturated heterocycles. The molecule has 2 atom stereocenters. The first-order valence-corrected chi connectivity index (χ1v) is 5.46. The number of benzene rings is 1. The van der Waals surface area contributed by atoms with Crippen molar-refractivity contribution in [3.05, 3.63) is 35.4 Å². The van der Waals surface area contributed by atoms with Gasteiger partial charge in [0.05, 0.1) is 0 Å². The van der Waals surface area contributed by atoms with Gasteiger partial charge in [-0.2, -0.15) is 0 Å². The van der Waals surface area contributed by atoms with Crippen molar-refractivity contribution in [1.82, 2.24) is 0 Å². The second-order valence-electron chi connectivity index (χ2n) is 4.60. The molecule has 0 heterocycles. The molecule has 2 unspecified atom stereocenters. The normalized spacial score (nSPS) is 29.9. The number of carbonyl (C=O) groups is 1. The van der Waals surface area contributed by atoms with E-state index in [2.05, 4.69) is 6.07 Å². The van der Waals surface area contributed by atoms with Crippen molar-refractivity contribution >= 4 is 5.78 Å². The van der Waals surface area contributed by atoms with Crippen LogP contribution in [-0.4, -0.2) is 5.78 Å². The van der Waals surface area contributed by atoms with E-state index in [-0.39, 0.29) is 0 Å². The van der Waals surface area contributed by atoms with Gasteiger partial charge in [-0.05, 0) is 37.2 Å². The van der Waals surface area contributed by atoms with Gasteiger partial charge in [-0.3, -0.25) is 4.79 Å². The Balaban J connectivity index is 2.12. The molecule has 0 spiro atoms. The van der Waals surface area contributed by atoms with Crippen LogP contribution in [0.3, 0.4) is 0 Å². The zero-order valence-corrected chi connectivity index (χ0v) is 8.20. The molecule has 72 valence electrons. The monoisotopic (exact) mass is 186 g/mol. The maximum Gasteiger partial charge on any atom is 0.166 e. The molecule has 0 aromatic heterocycles. The van der Waals surface area contributed by atoms with Crippen LogP contribution in [0.4, 0.5) is 0 Å². The number of ketones is 1. The van der Waals surface area contributed by atoms with Crippen molar-refractivity contribution in [1.29, 1.82) is 0 Å². The maximum absolute atomic E-state index is 12.1. The Kier molecular flexibility index (Phi) is 1.73. The fourth-order valence-corrected chi connectivity index (χ4v) is 2.97. The van der Waals surface area contributed by atoms with E-state index in [0.717, 1.165) is 30.7 Å². The van der Waals surface area contributed by atoms with Crippen LogP contribution in [0.15, 0.2) is 24.3 Å². The van der Waals surface area contributed by atoms with Crippen molar-refractivity contribution in [3.63, 3.8) is 0 Å². The highest BCUT2D eigenvalue weighted by atomic mass is 16.1. The number of hydrogen-bond acceptors (Lipinski definition) is 1. The fraction of sp³-hybridized carbons (Fsp3) is 0.462. The molecule has 1 aromatic carbocycles. The lowest BCUT2D eigenvalue weighted by Gasteiger charge is -2.11. The van der Waals surface area contributed by atoms with Gasteiger partial charge < -0.3 is 0 Å². The van der Waals surface area contributed by atoms with Gasteiger partial charge in [-0.1, -0.05) is 24.3 Å². The SMILES string of the molecule is O=C1c2ccccc2CC2CCC1C2. The molecular weight excluding hydrogens is 172 g/mol. The topological polar surface area (TPSA) is 17.1 Å². The molecule has 2 aliphatic carbocycles. The lowest BCUT2D eigenvalue weighted by molar-refractivity contribution is 0.0923. The third-order valence-corrected chi connectivity index (χ3v) is 3.70. The Morgan fingerprint density at radius 3 is 2.93 bits per heavy atom. The van der Waals surface area contributed by atoms with Crippen molar-refractivity contribution in [3.8, 4) is 0 Å². The Labute approximate surface area is 84.1 Å². The van der Waals surface area contributed by atoms with E-state index in [1.165, 1.54) is 12.0 Å². The average Bonchev–Trinajstić information content (AvgIpc) is 2.60. The zero-order chi connectivity index (χ0) is 9.54. The van der Waals surface area contributed by atoms with Crippen LogP contribution in [0.1, 0.15) is 35.2 Å². The number of rotatable bonds is 0. The van der Waals surface area contributed by atoms with E-state index in [1.807, 2.05) is 18.2 Å². The van der Waals surface area contributed by atoms with Gasteiger partial charge >= 0.3 is 0 Å². The van der Waals surface area contributed by atoms with E-state index < -0.39 is 0 Å². The van der Waals surface area contributed by atoms with Crippen LogP contribution in [-0.2, 0) is 6.42 Å². The summed E-state index contributed by atoms with van der Waals surface area (Å²) in [5.74, 6) is 1.51. The first-order chi connectivity index (χ1) is 6.84. The number of hydrogen-bond donors (Lipinski definition) is 0. The van der Waals surface area contributed by atoms with Crippen LogP contribution in [0, 0.1) is 11.8 Å². The Morgan fingerprint density at radius 2 is 2.00 bits per heavy atom. The number of carbonyl (C=O) groups excluding carboxylic acids is 1. The second-order valence-corrected chi connectivity index (χ2v) is 4.60. The quantitative estimate of drug-likeness (QED) is 0.609. The summed E-state index contributed by atoms with van der Waals surface area (Å²) in [6.45, 7) is 0. The van der Waals surface area contributed by atoms with E-state index >= 15 is 0 Å². The van der Waals surface area contributed by atoms with Gasteiger partial charge in [-0.25, -0.2) is 0 Å². The summed E-state index contributed by atoms with van der Waals surface area (Å²) in [6, 6.07) is 8.15. The summed E-state index contributed by atoms with van der Waals surface area (Å²) in [7, 11) is 0. The summed E-state index contributed by atoms with van der Waals surface area (Å²) in [5, 5.41) is 0. The minimum Gasteiger partial charge on any atom is -0.294 e. The zero-order valence-electron chi connectivity index (χ0n) is 8.20. The fourth-order valence-electron chi connectivity index (χ4n) is 2.97. The molecule has 3 rings (SSSR count). The highest BCUT2D eigenvalue weighted by Gasteiger charge is 2.34. The van der Waals surface area contributed by atoms with Crippen LogP contribution >= 0.6 is 0 Å². The second kappa shape index (κ2) is 2.94. The molecule has 0 N–H and O–H groups in total. The van der Waals surface area contributed by atoms with Crippen LogP contribution in [0.25, 0.3) is 0 Å². The van der Waals surface area contributed by atoms with Crippen molar-refractivity contribution in [2.24, 2.45) is 11.8 Å². The summed E-state index contributed by atoms with van der Waals surface area (Å²) >= 11 is 0. The molecule has 2 aliphatic rings. The lowest BCUT2D eigenvalue weighted by atomic mass is 9.93. The standard InChI is InChI=1S/C13H14O/c14-13-11-6-5-9(8-11)7-10-3-1-2-4-12(10)13/h1-4,9,11H,5-8H2. The molecule has 0 radical (unpaired) electrons. The van der Waals surface area contributed by atoms with E-state index in [4.69, 9.17) is 0 Å². The van der Waals surface area contributed by atoms with E-state index in [1.54, 1.807) is 0 Å². The summed E-state index contributed by atoms with van der Waals surface area (Å²) in [5.41, 5.74) is 2.28. The largest absolute Gasteiger partial charge is 0.294 e. The van der Waals surface area contributed by atoms with E-state index in [9.17, 15) is 4.79 Å². The number of fused-ring (bicyclic) bond motifs is 3. The third-order valence-electron chi connectivity index (χ3n) is 3.70. The minimum atomic E-state index is 0.337. The van der Waals surface area contributed by atoms with Crippen molar-refractivity contribution in [2.75, 3.05) is 0 Å². The van der Waals surface area contributed by atoms with Crippen LogP contribution in [0.2, 0.25) is 0 Å². The predicted molar refractivity (Wildman–Crippen MR) is 55.3 cm³/mol. The minimum absolute atomic E-state index is 0.337. The van der Waals surface area contributed by atoms with E-state index in [0.29, 0.717) is 11.7 Å². The van der Waals surface area contributed by atoms with Crippen LogP contribution in [0.5, 0.6) is 0 Å². The maximum atomic E-state index is 12.1. The summed E-state index contributed by atoms with van der Waals surface area (Å²) < 4.78 is 0. The molecule has 1 heteroatoms. The number of Topliss-reactive ketones (excluding diaryl/α,β-unsaturated/α-hetero) is 1. The molecule has 1 saturated carbocycles. The van der Waals surface area contributed by atoms with Gasteiger partial charge in [0.15, 0.2) is 5.78 Å². The van der Waals surface area contributed by atoms with Gasteiger partial charge in [0.25, 0.3) is 0 Å². The Hall–Kier alpha value is -1.11. The first-order valence-electron chi connectivity index (χ1n) is 5.46. The molecule has 1 aromatic rings. The third kappa shape index (κ3) is 1.12. The molecule has 1 fully saturated rings. The predicted octanol–water partition coefficient (Wildman–Crippen LogP) is 2.84. The molecule has 1 nitrogen and oxygen atoms in total. The van der Waals surface area contributed by atoms with Gasteiger partial charge in [-0.15, -0.1) is 0 Å². The highest BCUT2D eigenvalue weighted by molar-refractivity contribution is 5.99. The van der Waals surface area contributed by atoms with Gasteiger partial charge in [0, 0.05) is 11.5 Å². The summed E-state index contributed by atoms with van der Waals surface area (Å²) in [6.07, 6.45) is 4.63. The Morgan fingerprint density at radius 1 is 1.14 bits per heavy atom. The Bertz CT molecular complexity index is 381. The molecular formula is C13H14O. The molecule has 0 amide bonds. The molecule has 14 heavy (non-hydrogen) atoms. The van der Waals surface area contributed by atoms with Crippen molar-refractivity contribution in [2.45, 2.75) is 25.7 Å². The smallest absolute Gasteiger partial charge is 0.166 e. The van der Waals surface area contributed by atoms with Gasteiger partial charge in [0.2, 0.25) is 0 Å². The van der Waals surface area contributed by atoms with Crippen LogP contribution < -0.4 is 0 Å². The first kappa shape index (κ1) is 8.22. The summed E-state index contributed by atoms with van der Waals surface area (Å²) in [4.78, 5) is 12.1. The highest BCUT2D eigenvalue weighted by Crippen LogP contribution is 2.39.